The molecule has 0 aliphatic heterocycles. The molecule has 1 atom stereocenters. The fourth-order valence-corrected chi connectivity index (χ4v) is 10.3. The van der Waals surface area contributed by atoms with Crippen molar-refractivity contribution in [2.45, 2.75) is 59.1 Å². The zero-order valence-corrected chi connectivity index (χ0v) is 36.7. The van der Waals surface area contributed by atoms with Crippen molar-refractivity contribution in [1.82, 2.24) is 24.6 Å². The van der Waals surface area contributed by atoms with E-state index in [0.717, 1.165) is 31.5 Å². The molecule has 3 aromatic heterocycles. The maximum atomic E-state index is 14.8. The van der Waals surface area contributed by atoms with Crippen molar-refractivity contribution in [3.8, 4) is 17.6 Å². The van der Waals surface area contributed by atoms with Gasteiger partial charge >= 0.3 is 0 Å². The van der Waals surface area contributed by atoms with E-state index in [2.05, 4.69) is 58.4 Å². The standard InChI is InChI=1S/C39H51FN7O4PS2Si/c1-10-51-52(6,48)37-34(18-14-22-50-32-20-19-29(26-30(32)40)15-13-21-45(3)4)54-38(42-37)46(5)35-25-28(2)36(44-43-35)41-39-47(27-49-23-24-55(7,8)9)31-16-11-12-17-33(31)53-39/h11-12,16-17,19-20,25-26H,10,14,18,21-24,27H2,1-9H3/b41-39-. The van der Waals surface area contributed by atoms with Gasteiger partial charge in [-0.15, -0.1) is 21.5 Å². The first-order valence-electron chi connectivity index (χ1n) is 18.2. The van der Waals surface area contributed by atoms with Gasteiger partial charge in [0.2, 0.25) is 7.37 Å². The highest BCUT2D eigenvalue weighted by molar-refractivity contribution is 7.66. The lowest BCUT2D eigenvalue weighted by Gasteiger charge is -2.16. The Morgan fingerprint density at radius 2 is 1.84 bits per heavy atom. The van der Waals surface area contributed by atoms with Crippen LogP contribution in [0.15, 0.2) is 53.5 Å². The summed E-state index contributed by atoms with van der Waals surface area (Å²) in [6, 6.07) is 15.9. The second kappa shape index (κ2) is 18.9. The van der Waals surface area contributed by atoms with E-state index in [9.17, 15) is 8.96 Å². The maximum Gasteiger partial charge on any atom is 0.248 e. The lowest BCUT2D eigenvalue weighted by Crippen LogP contribution is -2.23. The Labute approximate surface area is 332 Å². The van der Waals surface area contributed by atoms with Crippen molar-refractivity contribution >= 4 is 70.5 Å². The maximum absolute atomic E-state index is 14.8. The molecule has 0 radical (unpaired) electrons. The van der Waals surface area contributed by atoms with Crippen LogP contribution in [0.5, 0.6) is 5.75 Å². The molecule has 0 saturated carbocycles. The van der Waals surface area contributed by atoms with E-state index in [1.807, 2.05) is 63.0 Å². The number of nitrogens with zero attached hydrogens (tertiary/aromatic N) is 7. The smallest absolute Gasteiger partial charge is 0.248 e. The van der Waals surface area contributed by atoms with Gasteiger partial charge in [0, 0.05) is 38.8 Å². The van der Waals surface area contributed by atoms with Crippen LogP contribution in [0.3, 0.4) is 0 Å². The number of aryl methyl sites for hydroxylation is 2. The Balaban J connectivity index is 1.32. The van der Waals surface area contributed by atoms with Crippen LogP contribution in [0.1, 0.15) is 29.3 Å². The van der Waals surface area contributed by atoms with Gasteiger partial charge in [-0.3, -0.25) is 14.0 Å². The number of para-hydroxylation sites is 1. The number of hydrogen-bond donors (Lipinski definition) is 0. The number of halogens is 1. The fourth-order valence-electron chi connectivity index (χ4n) is 5.37. The third-order valence-corrected chi connectivity index (χ3v) is 14.4. The summed E-state index contributed by atoms with van der Waals surface area (Å²) in [4.78, 5) is 15.1. The van der Waals surface area contributed by atoms with Gasteiger partial charge in [0.25, 0.3) is 0 Å². The Kier molecular flexibility index (Phi) is 14.6. The summed E-state index contributed by atoms with van der Waals surface area (Å²) < 4.78 is 49.3. The quantitative estimate of drug-likeness (QED) is 0.0397. The minimum Gasteiger partial charge on any atom is -0.491 e. The lowest BCUT2D eigenvalue weighted by atomic mass is 10.2. The molecule has 1 unspecified atom stereocenters. The van der Waals surface area contributed by atoms with E-state index in [1.54, 1.807) is 30.1 Å². The molecule has 0 bridgehead atoms. The van der Waals surface area contributed by atoms with Gasteiger partial charge in [-0.2, -0.15) is 4.99 Å². The monoisotopic (exact) mass is 823 g/mol. The van der Waals surface area contributed by atoms with Crippen LogP contribution < -0.4 is 19.9 Å². The largest absolute Gasteiger partial charge is 0.491 e. The third-order valence-electron chi connectivity index (χ3n) is 8.37. The summed E-state index contributed by atoms with van der Waals surface area (Å²) >= 11 is 3.00. The van der Waals surface area contributed by atoms with E-state index in [1.165, 1.54) is 17.4 Å². The lowest BCUT2D eigenvalue weighted by molar-refractivity contribution is 0.0884. The minimum absolute atomic E-state index is 0.163. The minimum atomic E-state index is -3.23. The molecule has 16 heteroatoms. The zero-order chi connectivity index (χ0) is 39.8. The Bertz CT molecular complexity index is 2280. The molecule has 5 aromatic rings. The molecule has 55 heavy (non-hydrogen) atoms. The SMILES string of the molecule is CCOP(C)(=O)c1nc(N(C)c2cc(C)c(/N=c3\sc4ccccc4n3COCC[Si](C)(C)C)nn2)sc1CCCOc1ccc(C#CCN(C)C)cc1F. The number of thiazole rings is 2. The molecule has 0 amide bonds. The topological polar surface area (TPSA) is 107 Å². The van der Waals surface area contributed by atoms with Crippen LogP contribution >= 0.6 is 30.0 Å². The van der Waals surface area contributed by atoms with E-state index in [0.29, 0.717) is 60.5 Å². The first-order chi connectivity index (χ1) is 26.1. The van der Waals surface area contributed by atoms with Gasteiger partial charge in [-0.25, -0.2) is 9.37 Å². The third kappa shape index (κ3) is 11.6. The molecule has 0 spiro atoms. The van der Waals surface area contributed by atoms with E-state index >= 15 is 0 Å². The number of anilines is 2. The van der Waals surface area contributed by atoms with Crippen molar-refractivity contribution in [2.75, 3.05) is 59.1 Å². The average molecular weight is 824 g/mol. The Hall–Kier alpha value is -3.74. The average Bonchev–Trinajstić information content (AvgIpc) is 3.71. The predicted molar refractivity (Wildman–Crippen MR) is 227 cm³/mol. The molecular formula is C39H51FN7O4PS2Si. The molecule has 0 saturated heterocycles. The summed E-state index contributed by atoms with van der Waals surface area (Å²) in [5, 5.41) is 9.66. The van der Waals surface area contributed by atoms with Crippen molar-refractivity contribution in [1.29, 1.82) is 0 Å². The molecule has 294 valence electrons. The van der Waals surface area contributed by atoms with Crippen LogP contribution in [-0.2, 0) is 27.0 Å². The number of benzene rings is 2. The first-order valence-corrected chi connectivity index (χ1v) is 25.6. The van der Waals surface area contributed by atoms with Gasteiger partial charge in [0.05, 0.1) is 30.0 Å². The fraction of sp³-hybridized carbons (Fsp3) is 0.436. The number of ether oxygens (including phenoxy) is 2. The van der Waals surface area contributed by atoms with E-state index < -0.39 is 21.3 Å². The molecule has 0 aliphatic carbocycles. The Morgan fingerprint density at radius 1 is 1.05 bits per heavy atom. The van der Waals surface area contributed by atoms with Crippen molar-refractivity contribution in [3.05, 3.63) is 75.2 Å². The van der Waals surface area contributed by atoms with Gasteiger partial charge in [0.1, 0.15) is 12.2 Å². The molecule has 3 heterocycles. The number of aromatic nitrogens is 4. The molecule has 0 fully saturated rings. The van der Waals surface area contributed by atoms with Crippen molar-refractivity contribution in [2.24, 2.45) is 4.99 Å². The van der Waals surface area contributed by atoms with Crippen molar-refractivity contribution < 1.29 is 23.0 Å². The van der Waals surface area contributed by atoms with Crippen LogP contribution in [0.4, 0.5) is 21.2 Å². The van der Waals surface area contributed by atoms with Crippen LogP contribution in [0, 0.1) is 24.6 Å². The van der Waals surface area contributed by atoms with E-state index in [4.69, 9.17) is 24.0 Å². The van der Waals surface area contributed by atoms with Crippen LogP contribution in [0.2, 0.25) is 25.7 Å². The summed E-state index contributed by atoms with van der Waals surface area (Å²) in [5.41, 5.74) is 2.91. The van der Waals surface area contributed by atoms with Crippen LogP contribution in [0.25, 0.3) is 10.2 Å². The molecule has 0 N–H and O–H groups in total. The highest BCUT2D eigenvalue weighted by atomic mass is 32.1. The summed E-state index contributed by atoms with van der Waals surface area (Å²) in [6.07, 6.45) is 1.06. The highest BCUT2D eigenvalue weighted by Gasteiger charge is 2.29. The molecular weight excluding hydrogens is 773 g/mol. The van der Waals surface area contributed by atoms with Crippen LogP contribution in [-0.4, -0.2) is 86.9 Å². The number of rotatable bonds is 17. The van der Waals surface area contributed by atoms with E-state index in [-0.39, 0.29) is 19.0 Å². The highest BCUT2D eigenvalue weighted by Crippen LogP contribution is 2.45. The normalized spacial score (nSPS) is 13.3. The zero-order valence-electron chi connectivity index (χ0n) is 33.2. The second-order valence-electron chi connectivity index (χ2n) is 14.7. The van der Waals surface area contributed by atoms with Crippen molar-refractivity contribution in [3.63, 3.8) is 0 Å². The molecule has 2 aromatic carbocycles. The van der Waals surface area contributed by atoms with Gasteiger partial charge in [-0.1, -0.05) is 55.0 Å². The summed E-state index contributed by atoms with van der Waals surface area (Å²) in [5.74, 6) is 6.75. The molecule has 5 rings (SSSR count). The second-order valence-corrected chi connectivity index (χ2v) is 24.7. The predicted octanol–water partition coefficient (Wildman–Crippen LogP) is 8.20. The van der Waals surface area contributed by atoms with Gasteiger partial charge in [-0.05, 0) is 88.8 Å². The van der Waals surface area contributed by atoms with Gasteiger partial charge in [0.15, 0.2) is 33.1 Å². The molecule has 11 nitrogen and oxygen atoms in total. The Morgan fingerprint density at radius 3 is 2.55 bits per heavy atom. The van der Waals surface area contributed by atoms with Gasteiger partial charge < -0.3 is 18.9 Å². The number of hydrogen-bond acceptors (Lipinski definition) is 12. The number of fused-ring (bicyclic) bond motifs is 1. The first kappa shape index (κ1) is 42.4. The summed E-state index contributed by atoms with van der Waals surface area (Å²) in [6.45, 7) is 14.6. The molecule has 0 aliphatic rings. The summed E-state index contributed by atoms with van der Waals surface area (Å²) in [7, 11) is 1.26.